The summed E-state index contributed by atoms with van der Waals surface area (Å²) in [6, 6.07) is 13.0. The SMILES string of the molecule is COc1cc(C[C@@H](C)[C@H](C)Cc2ccccc2O)ccc1O. The molecule has 118 valence electrons. The first-order chi connectivity index (χ1) is 10.5. The van der Waals surface area contributed by atoms with Gasteiger partial charge in [-0.3, -0.25) is 0 Å². The van der Waals surface area contributed by atoms with E-state index in [4.69, 9.17) is 4.74 Å². The molecule has 2 atom stereocenters. The number of methoxy groups -OCH3 is 1. The van der Waals surface area contributed by atoms with E-state index >= 15 is 0 Å². The normalized spacial score (nSPS) is 13.6. The highest BCUT2D eigenvalue weighted by atomic mass is 16.5. The number of para-hydroxylation sites is 1. The Bertz CT molecular complexity index is 622. The molecule has 0 heterocycles. The highest BCUT2D eigenvalue weighted by Gasteiger charge is 2.16. The molecule has 0 radical (unpaired) electrons. The summed E-state index contributed by atoms with van der Waals surface area (Å²) in [7, 11) is 1.56. The van der Waals surface area contributed by atoms with Gasteiger partial charge in [0.1, 0.15) is 5.75 Å². The standard InChI is InChI=1S/C19H24O3/c1-13(10-15-8-9-18(21)19(12-15)22-3)14(2)11-16-6-4-5-7-17(16)20/h4-9,12-14,20-21H,10-11H2,1-3H3/t13-,14-/m1/s1. The van der Waals surface area contributed by atoms with Crippen LogP contribution in [0.2, 0.25) is 0 Å². The molecule has 2 rings (SSSR count). The number of benzene rings is 2. The van der Waals surface area contributed by atoms with Gasteiger partial charge in [-0.25, -0.2) is 0 Å². The van der Waals surface area contributed by atoms with Crippen LogP contribution in [0.15, 0.2) is 42.5 Å². The van der Waals surface area contributed by atoms with Crippen molar-refractivity contribution in [1.29, 1.82) is 0 Å². The average molecular weight is 300 g/mol. The predicted octanol–water partition coefficient (Wildman–Crippen LogP) is 4.16. The molecule has 0 aliphatic heterocycles. The highest BCUT2D eigenvalue weighted by Crippen LogP contribution is 2.30. The van der Waals surface area contributed by atoms with Crippen LogP contribution in [-0.4, -0.2) is 17.3 Å². The van der Waals surface area contributed by atoms with Gasteiger partial charge >= 0.3 is 0 Å². The molecule has 0 bridgehead atoms. The van der Waals surface area contributed by atoms with Gasteiger partial charge in [-0.2, -0.15) is 0 Å². The minimum atomic E-state index is 0.168. The zero-order chi connectivity index (χ0) is 16.1. The van der Waals surface area contributed by atoms with Gasteiger partial charge in [0, 0.05) is 0 Å². The van der Waals surface area contributed by atoms with Gasteiger partial charge < -0.3 is 14.9 Å². The number of rotatable bonds is 6. The topological polar surface area (TPSA) is 49.7 Å². The van der Waals surface area contributed by atoms with E-state index in [1.54, 1.807) is 19.2 Å². The molecule has 2 N–H and O–H groups in total. The molecule has 0 amide bonds. The minimum Gasteiger partial charge on any atom is -0.508 e. The van der Waals surface area contributed by atoms with Crippen LogP contribution in [-0.2, 0) is 12.8 Å². The summed E-state index contributed by atoms with van der Waals surface area (Å²) in [5, 5.41) is 19.5. The Kier molecular flexibility index (Phi) is 5.31. The Morgan fingerprint density at radius 3 is 2.27 bits per heavy atom. The maximum absolute atomic E-state index is 9.89. The monoisotopic (exact) mass is 300 g/mol. The molecule has 22 heavy (non-hydrogen) atoms. The second-order valence-electron chi connectivity index (χ2n) is 6.00. The lowest BCUT2D eigenvalue weighted by Gasteiger charge is -2.21. The van der Waals surface area contributed by atoms with E-state index in [1.165, 1.54) is 0 Å². The Morgan fingerprint density at radius 1 is 0.909 bits per heavy atom. The zero-order valence-corrected chi connectivity index (χ0v) is 13.4. The van der Waals surface area contributed by atoms with Gasteiger partial charge in [-0.05, 0) is 54.0 Å². The molecule has 0 spiro atoms. The third kappa shape index (κ3) is 3.94. The van der Waals surface area contributed by atoms with Crippen LogP contribution in [0.1, 0.15) is 25.0 Å². The molecule has 3 nitrogen and oxygen atoms in total. The van der Waals surface area contributed by atoms with Gasteiger partial charge in [0.25, 0.3) is 0 Å². The van der Waals surface area contributed by atoms with E-state index in [-0.39, 0.29) is 5.75 Å². The molecule has 0 aliphatic carbocycles. The number of aromatic hydroxyl groups is 2. The molecule has 2 aromatic rings. The van der Waals surface area contributed by atoms with Crippen LogP contribution in [0.5, 0.6) is 17.2 Å². The molecule has 2 aromatic carbocycles. The van der Waals surface area contributed by atoms with Crippen molar-refractivity contribution >= 4 is 0 Å². The van der Waals surface area contributed by atoms with Crippen LogP contribution in [0.3, 0.4) is 0 Å². The van der Waals surface area contributed by atoms with Crippen LogP contribution in [0.4, 0.5) is 0 Å². The lowest BCUT2D eigenvalue weighted by atomic mass is 9.85. The number of phenolic OH excluding ortho intramolecular Hbond substituents is 2. The molecule has 0 aliphatic rings. The smallest absolute Gasteiger partial charge is 0.160 e. The fourth-order valence-electron chi connectivity index (χ4n) is 2.65. The summed E-state index contributed by atoms with van der Waals surface area (Å²) in [4.78, 5) is 0. The summed E-state index contributed by atoms with van der Waals surface area (Å²) >= 11 is 0. The number of hydrogen-bond acceptors (Lipinski definition) is 3. The van der Waals surface area contributed by atoms with Crippen molar-refractivity contribution < 1.29 is 14.9 Å². The van der Waals surface area contributed by atoms with Crippen LogP contribution in [0, 0.1) is 11.8 Å². The lowest BCUT2D eigenvalue weighted by molar-refractivity contribution is 0.365. The van der Waals surface area contributed by atoms with E-state index in [2.05, 4.69) is 13.8 Å². The molecule has 3 heteroatoms. The van der Waals surface area contributed by atoms with Crippen molar-refractivity contribution in [2.45, 2.75) is 26.7 Å². The van der Waals surface area contributed by atoms with E-state index in [0.717, 1.165) is 24.0 Å². The van der Waals surface area contributed by atoms with Gasteiger partial charge in [-0.15, -0.1) is 0 Å². The van der Waals surface area contributed by atoms with Crippen molar-refractivity contribution in [3.63, 3.8) is 0 Å². The molecule has 0 aromatic heterocycles. The third-order valence-electron chi connectivity index (χ3n) is 4.31. The van der Waals surface area contributed by atoms with Crippen LogP contribution in [0.25, 0.3) is 0 Å². The second-order valence-corrected chi connectivity index (χ2v) is 6.00. The van der Waals surface area contributed by atoms with Gasteiger partial charge in [0.2, 0.25) is 0 Å². The summed E-state index contributed by atoms with van der Waals surface area (Å²) in [6.07, 6.45) is 1.76. The quantitative estimate of drug-likeness (QED) is 0.842. The zero-order valence-electron chi connectivity index (χ0n) is 13.4. The maximum atomic E-state index is 9.89. The first-order valence-electron chi connectivity index (χ1n) is 7.64. The average Bonchev–Trinajstić information content (AvgIpc) is 2.51. The third-order valence-corrected chi connectivity index (χ3v) is 4.31. The van der Waals surface area contributed by atoms with Gasteiger partial charge in [0.05, 0.1) is 7.11 Å². The summed E-state index contributed by atoms with van der Waals surface area (Å²) in [5.74, 6) is 1.94. The largest absolute Gasteiger partial charge is 0.508 e. The minimum absolute atomic E-state index is 0.168. The first-order valence-corrected chi connectivity index (χ1v) is 7.64. The maximum Gasteiger partial charge on any atom is 0.160 e. The molecule has 0 fully saturated rings. The van der Waals surface area contributed by atoms with Gasteiger partial charge in [-0.1, -0.05) is 38.1 Å². The molecule has 0 unspecified atom stereocenters. The number of hydrogen-bond donors (Lipinski definition) is 2. The van der Waals surface area contributed by atoms with E-state index in [0.29, 0.717) is 23.3 Å². The highest BCUT2D eigenvalue weighted by molar-refractivity contribution is 5.41. The number of ether oxygens (including phenoxy) is 1. The van der Waals surface area contributed by atoms with Crippen molar-refractivity contribution in [1.82, 2.24) is 0 Å². The van der Waals surface area contributed by atoms with Crippen LogP contribution >= 0.6 is 0 Å². The Balaban J connectivity index is 2.02. The van der Waals surface area contributed by atoms with E-state index in [1.807, 2.05) is 30.3 Å². The van der Waals surface area contributed by atoms with Gasteiger partial charge in [0.15, 0.2) is 11.5 Å². The Labute approximate surface area is 132 Å². The molecular formula is C19H24O3. The molecule has 0 saturated carbocycles. The Hall–Kier alpha value is -2.16. The van der Waals surface area contributed by atoms with Crippen molar-refractivity contribution in [3.8, 4) is 17.2 Å². The van der Waals surface area contributed by atoms with Crippen molar-refractivity contribution in [2.24, 2.45) is 11.8 Å². The fraction of sp³-hybridized carbons (Fsp3) is 0.368. The van der Waals surface area contributed by atoms with E-state index < -0.39 is 0 Å². The number of phenols is 2. The lowest BCUT2D eigenvalue weighted by Crippen LogP contribution is -2.13. The van der Waals surface area contributed by atoms with Crippen molar-refractivity contribution in [2.75, 3.05) is 7.11 Å². The van der Waals surface area contributed by atoms with Crippen molar-refractivity contribution in [3.05, 3.63) is 53.6 Å². The molecular weight excluding hydrogens is 276 g/mol. The first kappa shape index (κ1) is 16.2. The second kappa shape index (κ2) is 7.21. The summed E-state index contributed by atoms with van der Waals surface area (Å²) in [6.45, 7) is 4.42. The summed E-state index contributed by atoms with van der Waals surface area (Å²) < 4.78 is 5.16. The predicted molar refractivity (Wildman–Crippen MR) is 88.5 cm³/mol. The summed E-state index contributed by atoms with van der Waals surface area (Å²) in [5.41, 5.74) is 2.14. The van der Waals surface area contributed by atoms with Crippen LogP contribution < -0.4 is 4.74 Å². The fourth-order valence-corrected chi connectivity index (χ4v) is 2.65. The Morgan fingerprint density at radius 2 is 1.59 bits per heavy atom. The van der Waals surface area contributed by atoms with E-state index in [9.17, 15) is 10.2 Å². The molecule has 0 saturated heterocycles.